The molecule has 1 N–H and O–H groups in total. The Morgan fingerprint density at radius 1 is 1.07 bits per heavy atom. The quantitative estimate of drug-likeness (QED) is 0.848. The molecule has 6 nitrogen and oxygen atoms in total. The molecule has 2 aromatic rings. The summed E-state index contributed by atoms with van der Waals surface area (Å²) in [5.74, 6) is 1.21. The van der Waals surface area contributed by atoms with Gasteiger partial charge in [-0.15, -0.1) is 0 Å². The van der Waals surface area contributed by atoms with Crippen LogP contribution in [0, 0.1) is 13.8 Å². The molecule has 1 aliphatic heterocycles. The highest BCUT2D eigenvalue weighted by atomic mass is 16.7. The van der Waals surface area contributed by atoms with Crippen LogP contribution in [0.5, 0.6) is 11.5 Å². The molecule has 0 spiro atoms. The lowest BCUT2D eigenvalue weighted by molar-refractivity contribution is -0.129. The molecule has 0 bridgehead atoms. The van der Waals surface area contributed by atoms with E-state index in [1.807, 2.05) is 50.2 Å². The first-order valence-corrected chi connectivity index (χ1v) is 8.93. The summed E-state index contributed by atoms with van der Waals surface area (Å²) in [5.41, 5.74) is 3.84. The number of nitrogens with zero attached hydrogens (tertiary/aromatic N) is 1. The van der Waals surface area contributed by atoms with Crippen LogP contribution in [0.3, 0.4) is 0 Å². The first-order chi connectivity index (χ1) is 12.9. The van der Waals surface area contributed by atoms with E-state index in [1.54, 1.807) is 4.90 Å². The van der Waals surface area contributed by atoms with Gasteiger partial charge in [-0.25, -0.2) is 0 Å². The highest BCUT2D eigenvalue weighted by Gasteiger charge is 2.16. The van der Waals surface area contributed by atoms with E-state index in [0.29, 0.717) is 24.6 Å². The molecule has 2 amide bonds. The van der Waals surface area contributed by atoms with Crippen molar-refractivity contribution in [3.05, 3.63) is 53.1 Å². The minimum Gasteiger partial charge on any atom is -0.454 e. The molecule has 0 saturated heterocycles. The topological polar surface area (TPSA) is 67.9 Å². The Hall–Kier alpha value is -3.02. The van der Waals surface area contributed by atoms with Gasteiger partial charge in [0.05, 0.1) is 0 Å². The maximum Gasteiger partial charge on any atom is 0.231 e. The molecular formula is C21H24N2O4. The second-order valence-corrected chi connectivity index (χ2v) is 6.74. The van der Waals surface area contributed by atoms with Crippen molar-refractivity contribution in [2.75, 3.05) is 18.7 Å². The van der Waals surface area contributed by atoms with Gasteiger partial charge in [0, 0.05) is 32.1 Å². The molecule has 0 radical (unpaired) electrons. The summed E-state index contributed by atoms with van der Waals surface area (Å²) in [4.78, 5) is 26.0. The summed E-state index contributed by atoms with van der Waals surface area (Å²) >= 11 is 0. The zero-order valence-corrected chi connectivity index (χ0v) is 15.9. The molecule has 6 heteroatoms. The van der Waals surface area contributed by atoms with E-state index in [9.17, 15) is 9.59 Å². The molecule has 142 valence electrons. The van der Waals surface area contributed by atoms with Crippen LogP contribution < -0.4 is 14.8 Å². The number of nitrogens with one attached hydrogen (secondary N) is 1. The van der Waals surface area contributed by atoms with Gasteiger partial charge in [0.15, 0.2) is 11.5 Å². The minimum atomic E-state index is -0.111. The van der Waals surface area contributed by atoms with Crippen molar-refractivity contribution in [3.8, 4) is 11.5 Å². The molecule has 0 aliphatic carbocycles. The molecule has 2 aromatic carbocycles. The van der Waals surface area contributed by atoms with E-state index in [1.165, 1.54) is 6.92 Å². The van der Waals surface area contributed by atoms with Crippen LogP contribution in [0.2, 0.25) is 0 Å². The second-order valence-electron chi connectivity index (χ2n) is 6.74. The third-order valence-electron chi connectivity index (χ3n) is 4.53. The maximum atomic E-state index is 12.3. The lowest BCUT2D eigenvalue weighted by Gasteiger charge is -2.21. The van der Waals surface area contributed by atoms with E-state index >= 15 is 0 Å². The predicted octanol–water partition coefficient (Wildman–Crippen LogP) is 3.41. The molecule has 0 unspecified atom stereocenters. The third kappa shape index (κ3) is 4.78. The SMILES string of the molecule is CC(=O)N(CCC(=O)Nc1cc(C)ccc1C)Cc1ccc2c(c1)OCO2. The van der Waals surface area contributed by atoms with Gasteiger partial charge in [-0.05, 0) is 48.7 Å². The zero-order valence-electron chi connectivity index (χ0n) is 15.9. The van der Waals surface area contributed by atoms with Crippen molar-refractivity contribution in [2.24, 2.45) is 0 Å². The standard InChI is InChI=1S/C21H24N2O4/c1-14-4-5-15(2)18(10-14)22-21(25)8-9-23(16(3)24)12-17-6-7-19-20(11-17)27-13-26-19/h4-7,10-11H,8-9,12-13H2,1-3H3,(H,22,25). The number of aryl methyl sites for hydroxylation is 2. The number of carbonyl (C=O) groups is 2. The highest BCUT2D eigenvalue weighted by Crippen LogP contribution is 2.32. The van der Waals surface area contributed by atoms with Crippen LogP contribution in [-0.4, -0.2) is 30.1 Å². The Kier molecular flexibility index (Phi) is 5.64. The molecule has 27 heavy (non-hydrogen) atoms. The van der Waals surface area contributed by atoms with Crippen LogP contribution in [0.1, 0.15) is 30.0 Å². The van der Waals surface area contributed by atoms with Crippen molar-refractivity contribution in [1.29, 1.82) is 0 Å². The molecule has 1 heterocycles. The van der Waals surface area contributed by atoms with Crippen molar-refractivity contribution in [2.45, 2.75) is 33.7 Å². The van der Waals surface area contributed by atoms with E-state index in [2.05, 4.69) is 5.32 Å². The van der Waals surface area contributed by atoms with Gasteiger partial charge in [-0.1, -0.05) is 18.2 Å². The third-order valence-corrected chi connectivity index (χ3v) is 4.53. The number of carbonyl (C=O) groups excluding carboxylic acids is 2. The van der Waals surface area contributed by atoms with Crippen molar-refractivity contribution < 1.29 is 19.1 Å². The number of ether oxygens (including phenoxy) is 2. The minimum absolute atomic E-state index is 0.0767. The maximum absolute atomic E-state index is 12.3. The number of rotatable bonds is 6. The van der Waals surface area contributed by atoms with Gasteiger partial charge >= 0.3 is 0 Å². The first-order valence-electron chi connectivity index (χ1n) is 8.93. The van der Waals surface area contributed by atoms with Crippen molar-refractivity contribution in [3.63, 3.8) is 0 Å². The Morgan fingerprint density at radius 3 is 2.63 bits per heavy atom. The molecule has 0 atom stereocenters. The van der Waals surface area contributed by atoms with Crippen LogP contribution in [-0.2, 0) is 16.1 Å². The number of anilines is 1. The number of hydrogen-bond acceptors (Lipinski definition) is 4. The monoisotopic (exact) mass is 368 g/mol. The lowest BCUT2D eigenvalue weighted by Crippen LogP contribution is -2.31. The molecule has 0 saturated carbocycles. The molecule has 1 aliphatic rings. The number of hydrogen-bond donors (Lipinski definition) is 1. The van der Waals surface area contributed by atoms with Gasteiger partial charge in [-0.3, -0.25) is 9.59 Å². The Balaban J connectivity index is 1.59. The number of amides is 2. The van der Waals surface area contributed by atoms with E-state index in [0.717, 1.165) is 22.4 Å². The summed E-state index contributed by atoms with van der Waals surface area (Å²) in [6, 6.07) is 11.5. The largest absolute Gasteiger partial charge is 0.454 e. The lowest BCUT2D eigenvalue weighted by atomic mass is 10.1. The van der Waals surface area contributed by atoms with Crippen molar-refractivity contribution in [1.82, 2.24) is 4.90 Å². The van der Waals surface area contributed by atoms with Crippen LogP contribution >= 0.6 is 0 Å². The summed E-state index contributed by atoms with van der Waals surface area (Å²) < 4.78 is 10.7. The summed E-state index contributed by atoms with van der Waals surface area (Å²) in [6.07, 6.45) is 0.234. The van der Waals surface area contributed by atoms with Crippen molar-refractivity contribution >= 4 is 17.5 Å². The van der Waals surface area contributed by atoms with Crippen LogP contribution in [0.25, 0.3) is 0 Å². The summed E-state index contributed by atoms with van der Waals surface area (Å²) in [7, 11) is 0. The van der Waals surface area contributed by atoms with Gasteiger partial charge < -0.3 is 19.7 Å². The fourth-order valence-corrected chi connectivity index (χ4v) is 2.93. The van der Waals surface area contributed by atoms with E-state index in [-0.39, 0.29) is 25.0 Å². The Morgan fingerprint density at radius 2 is 1.85 bits per heavy atom. The first kappa shape index (κ1) is 18.8. The fraction of sp³-hybridized carbons (Fsp3) is 0.333. The van der Waals surface area contributed by atoms with Crippen LogP contribution in [0.4, 0.5) is 5.69 Å². The highest BCUT2D eigenvalue weighted by molar-refractivity contribution is 5.92. The van der Waals surface area contributed by atoms with E-state index in [4.69, 9.17) is 9.47 Å². The predicted molar refractivity (Wildman–Crippen MR) is 103 cm³/mol. The normalized spacial score (nSPS) is 12.0. The molecule has 3 rings (SSSR count). The van der Waals surface area contributed by atoms with Gasteiger partial charge in [0.25, 0.3) is 0 Å². The molecule has 0 fully saturated rings. The van der Waals surface area contributed by atoms with E-state index < -0.39 is 0 Å². The Labute approximate surface area is 159 Å². The van der Waals surface area contributed by atoms with Gasteiger partial charge in [0.1, 0.15) is 0 Å². The summed E-state index contributed by atoms with van der Waals surface area (Å²) in [5, 5.41) is 2.93. The smallest absolute Gasteiger partial charge is 0.231 e. The van der Waals surface area contributed by atoms with Gasteiger partial charge in [-0.2, -0.15) is 0 Å². The van der Waals surface area contributed by atoms with Crippen LogP contribution in [0.15, 0.2) is 36.4 Å². The zero-order chi connectivity index (χ0) is 19.4. The molecular weight excluding hydrogens is 344 g/mol. The Bertz CT molecular complexity index is 863. The number of fused-ring (bicyclic) bond motifs is 1. The second kappa shape index (κ2) is 8.12. The molecule has 0 aromatic heterocycles. The number of benzene rings is 2. The summed E-state index contributed by atoms with van der Waals surface area (Å²) in [6.45, 7) is 6.43. The van der Waals surface area contributed by atoms with Gasteiger partial charge in [0.2, 0.25) is 18.6 Å². The fourth-order valence-electron chi connectivity index (χ4n) is 2.93. The average Bonchev–Trinajstić information content (AvgIpc) is 3.09. The average molecular weight is 368 g/mol.